The van der Waals surface area contributed by atoms with E-state index in [-0.39, 0.29) is 0 Å². The molecule has 3 aromatic rings. The van der Waals surface area contributed by atoms with E-state index in [1.807, 2.05) is 24.4 Å². The summed E-state index contributed by atoms with van der Waals surface area (Å²) in [6.45, 7) is 1.73. The predicted octanol–water partition coefficient (Wildman–Crippen LogP) is 4.91. The fraction of sp³-hybridized carbons (Fsp3) is 0.143. The van der Waals surface area contributed by atoms with E-state index >= 15 is 0 Å². The largest absolute Gasteiger partial charge is 0.298 e. The van der Waals surface area contributed by atoms with Crippen molar-refractivity contribution in [3.8, 4) is 17.2 Å². The zero-order valence-corrected chi connectivity index (χ0v) is 14.7. The molecule has 0 spiro atoms. The maximum absolute atomic E-state index is 8.96. The van der Waals surface area contributed by atoms with Gasteiger partial charge in [0.15, 0.2) is 0 Å². The molecule has 0 aliphatic carbocycles. The Labute approximate surface area is 153 Å². The van der Waals surface area contributed by atoms with Crippen LogP contribution in [0, 0.1) is 11.3 Å². The van der Waals surface area contributed by atoms with Gasteiger partial charge in [-0.05, 0) is 47.5 Å². The Balaban J connectivity index is 1.68. The molecule has 0 aliphatic rings. The summed E-state index contributed by atoms with van der Waals surface area (Å²) in [5, 5.41) is 9.45. The van der Waals surface area contributed by atoms with Gasteiger partial charge in [0.25, 0.3) is 0 Å². The fourth-order valence-electron chi connectivity index (χ4n) is 2.76. The van der Waals surface area contributed by atoms with Crippen LogP contribution in [0.25, 0.3) is 11.1 Å². The number of nitriles is 1. The van der Waals surface area contributed by atoms with E-state index in [2.05, 4.69) is 53.3 Å². The van der Waals surface area contributed by atoms with Crippen molar-refractivity contribution in [2.75, 3.05) is 7.05 Å². The molecule has 0 fully saturated rings. The number of rotatable bonds is 5. The highest BCUT2D eigenvalue weighted by Gasteiger charge is 2.05. The third-order valence-corrected chi connectivity index (χ3v) is 4.32. The molecule has 124 valence electrons. The SMILES string of the molecule is CN(Cc1ccc(-c2ccc(C#N)c(Cl)c2)cc1)Cc1cccnc1. The van der Waals surface area contributed by atoms with Gasteiger partial charge in [-0.2, -0.15) is 5.26 Å². The molecule has 0 atom stereocenters. The van der Waals surface area contributed by atoms with Gasteiger partial charge in [0.2, 0.25) is 0 Å². The molecule has 2 aromatic carbocycles. The van der Waals surface area contributed by atoms with Crippen LogP contribution in [0.4, 0.5) is 0 Å². The van der Waals surface area contributed by atoms with Crippen molar-refractivity contribution in [2.24, 2.45) is 0 Å². The van der Waals surface area contributed by atoms with Gasteiger partial charge < -0.3 is 0 Å². The Morgan fingerprint density at radius 3 is 2.36 bits per heavy atom. The van der Waals surface area contributed by atoms with Crippen molar-refractivity contribution in [3.05, 3.63) is 88.7 Å². The van der Waals surface area contributed by atoms with Crippen molar-refractivity contribution in [3.63, 3.8) is 0 Å². The van der Waals surface area contributed by atoms with E-state index in [9.17, 15) is 0 Å². The number of nitrogens with zero attached hydrogens (tertiary/aromatic N) is 3. The van der Waals surface area contributed by atoms with Crippen LogP contribution >= 0.6 is 11.6 Å². The van der Waals surface area contributed by atoms with Gasteiger partial charge in [-0.1, -0.05) is 48.0 Å². The van der Waals surface area contributed by atoms with Crippen LogP contribution in [0.2, 0.25) is 5.02 Å². The minimum atomic E-state index is 0.486. The minimum absolute atomic E-state index is 0.486. The average Bonchev–Trinajstić information content (AvgIpc) is 2.63. The predicted molar refractivity (Wildman–Crippen MR) is 101 cm³/mol. The molecular formula is C21H18ClN3. The second-order valence-corrected chi connectivity index (χ2v) is 6.44. The van der Waals surface area contributed by atoms with E-state index in [4.69, 9.17) is 16.9 Å². The number of pyridine rings is 1. The van der Waals surface area contributed by atoms with Crippen molar-refractivity contribution in [2.45, 2.75) is 13.1 Å². The van der Waals surface area contributed by atoms with E-state index in [1.54, 1.807) is 12.3 Å². The first-order valence-corrected chi connectivity index (χ1v) is 8.40. The Hall–Kier alpha value is -2.67. The van der Waals surface area contributed by atoms with Crippen LogP contribution in [0.3, 0.4) is 0 Å². The fourth-order valence-corrected chi connectivity index (χ4v) is 2.98. The molecular weight excluding hydrogens is 330 g/mol. The highest BCUT2D eigenvalue weighted by Crippen LogP contribution is 2.25. The summed E-state index contributed by atoms with van der Waals surface area (Å²) >= 11 is 6.12. The summed E-state index contributed by atoms with van der Waals surface area (Å²) in [6.07, 6.45) is 3.69. The second-order valence-electron chi connectivity index (χ2n) is 6.04. The third kappa shape index (κ3) is 4.45. The summed E-state index contributed by atoms with van der Waals surface area (Å²) < 4.78 is 0. The first-order valence-electron chi connectivity index (χ1n) is 8.02. The van der Waals surface area contributed by atoms with Gasteiger partial charge in [0.05, 0.1) is 10.6 Å². The molecule has 0 radical (unpaired) electrons. The first-order chi connectivity index (χ1) is 12.2. The minimum Gasteiger partial charge on any atom is -0.298 e. The number of aromatic nitrogens is 1. The Bertz CT molecular complexity index is 883. The molecule has 0 unspecified atom stereocenters. The van der Waals surface area contributed by atoms with Crippen molar-refractivity contribution >= 4 is 11.6 Å². The molecule has 0 amide bonds. The first kappa shape index (κ1) is 17.2. The molecule has 0 bridgehead atoms. The molecule has 0 N–H and O–H groups in total. The van der Waals surface area contributed by atoms with Gasteiger partial charge in [-0.15, -0.1) is 0 Å². The van der Waals surface area contributed by atoms with Gasteiger partial charge in [0.1, 0.15) is 6.07 Å². The smallest absolute Gasteiger partial charge is 0.101 e. The molecule has 0 aliphatic heterocycles. The lowest BCUT2D eigenvalue weighted by Gasteiger charge is -2.17. The Kier molecular flexibility index (Phi) is 5.45. The highest BCUT2D eigenvalue weighted by molar-refractivity contribution is 6.32. The van der Waals surface area contributed by atoms with Gasteiger partial charge >= 0.3 is 0 Å². The molecule has 4 heteroatoms. The summed E-state index contributed by atoms with van der Waals surface area (Å²) in [6, 6.07) is 20.1. The summed E-state index contributed by atoms with van der Waals surface area (Å²) in [5.41, 5.74) is 5.05. The van der Waals surface area contributed by atoms with Gasteiger partial charge in [-0.3, -0.25) is 9.88 Å². The number of halogens is 1. The van der Waals surface area contributed by atoms with E-state index in [0.717, 1.165) is 24.2 Å². The van der Waals surface area contributed by atoms with Crippen LogP contribution in [-0.2, 0) is 13.1 Å². The molecule has 3 rings (SSSR count). The average molecular weight is 348 g/mol. The quantitative estimate of drug-likeness (QED) is 0.658. The lowest BCUT2D eigenvalue weighted by Crippen LogP contribution is -2.17. The zero-order chi connectivity index (χ0) is 17.6. The summed E-state index contributed by atoms with van der Waals surface area (Å²) in [4.78, 5) is 6.41. The van der Waals surface area contributed by atoms with Crippen molar-refractivity contribution in [1.29, 1.82) is 5.26 Å². The normalized spacial score (nSPS) is 10.6. The number of hydrogen-bond acceptors (Lipinski definition) is 3. The molecule has 1 heterocycles. The lowest BCUT2D eigenvalue weighted by molar-refractivity contribution is 0.319. The lowest BCUT2D eigenvalue weighted by atomic mass is 10.0. The van der Waals surface area contributed by atoms with E-state index in [1.165, 1.54) is 11.1 Å². The number of hydrogen-bond donors (Lipinski definition) is 0. The maximum Gasteiger partial charge on any atom is 0.101 e. The zero-order valence-electron chi connectivity index (χ0n) is 14.0. The van der Waals surface area contributed by atoms with Crippen LogP contribution in [0.15, 0.2) is 67.0 Å². The number of benzene rings is 2. The molecule has 0 saturated carbocycles. The summed E-state index contributed by atoms with van der Waals surface area (Å²) in [7, 11) is 2.10. The van der Waals surface area contributed by atoms with Gasteiger partial charge in [-0.25, -0.2) is 0 Å². The monoisotopic (exact) mass is 347 g/mol. The third-order valence-electron chi connectivity index (χ3n) is 4.00. The highest BCUT2D eigenvalue weighted by atomic mass is 35.5. The topological polar surface area (TPSA) is 39.9 Å². The molecule has 0 saturated heterocycles. The van der Waals surface area contributed by atoms with Crippen LogP contribution in [0.1, 0.15) is 16.7 Å². The van der Waals surface area contributed by atoms with Crippen molar-refractivity contribution in [1.82, 2.24) is 9.88 Å². The van der Waals surface area contributed by atoms with Crippen LogP contribution in [-0.4, -0.2) is 16.9 Å². The molecule has 3 nitrogen and oxygen atoms in total. The second kappa shape index (κ2) is 7.94. The van der Waals surface area contributed by atoms with Gasteiger partial charge in [0, 0.05) is 25.5 Å². The standard InChI is InChI=1S/C21H18ClN3/c1-25(15-17-3-2-10-24-13-17)14-16-4-6-18(7-5-16)19-8-9-20(12-23)21(22)11-19/h2-11,13H,14-15H2,1H3. The van der Waals surface area contributed by atoms with E-state index < -0.39 is 0 Å². The van der Waals surface area contributed by atoms with Crippen molar-refractivity contribution < 1.29 is 0 Å². The van der Waals surface area contributed by atoms with E-state index in [0.29, 0.717) is 10.6 Å². The molecule has 1 aromatic heterocycles. The molecule has 25 heavy (non-hydrogen) atoms. The summed E-state index contributed by atoms with van der Waals surface area (Å²) in [5.74, 6) is 0. The van der Waals surface area contributed by atoms with Crippen LogP contribution < -0.4 is 0 Å². The maximum atomic E-state index is 8.96. The Morgan fingerprint density at radius 2 is 1.72 bits per heavy atom. The Morgan fingerprint density at radius 1 is 1.00 bits per heavy atom. The van der Waals surface area contributed by atoms with Crippen LogP contribution in [0.5, 0.6) is 0 Å².